The lowest BCUT2D eigenvalue weighted by atomic mass is 10.1. The van der Waals surface area contributed by atoms with Gasteiger partial charge in [0, 0.05) is 18.0 Å². The minimum absolute atomic E-state index is 0.0362. The summed E-state index contributed by atoms with van der Waals surface area (Å²) < 4.78 is 14.8. The van der Waals surface area contributed by atoms with Crippen LogP contribution in [-0.4, -0.2) is 16.5 Å². The summed E-state index contributed by atoms with van der Waals surface area (Å²) >= 11 is 0. The highest BCUT2D eigenvalue weighted by Gasteiger charge is 2.16. The van der Waals surface area contributed by atoms with Crippen molar-refractivity contribution in [1.82, 2.24) is 9.88 Å². The molecule has 0 aliphatic carbocycles. The molecule has 1 aromatic carbocycles. The van der Waals surface area contributed by atoms with Gasteiger partial charge in [0.15, 0.2) is 0 Å². The largest absolute Gasteiger partial charge is 0.349 e. The molecule has 0 atom stereocenters. The maximum atomic E-state index is 13.4. The second kappa shape index (κ2) is 6.08. The molecule has 1 amide bonds. The Morgan fingerprint density at radius 3 is 2.67 bits per heavy atom. The molecule has 1 N–H and O–H groups in total. The molecular formula is C16H19FN2O2. The first kappa shape index (κ1) is 15.2. The van der Waals surface area contributed by atoms with Gasteiger partial charge in [-0.1, -0.05) is 6.92 Å². The minimum atomic E-state index is -0.426. The van der Waals surface area contributed by atoms with E-state index in [0.717, 1.165) is 6.42 Å². The van der Waals surface area contributed by atoms with Crippen molar-refractivity contribution in [3.8, 4) is 0 Å². The Kier molecular flexibility index (Phi) is 4.40. The molecule has 0 fully saturated rings. The average Bonchev–Trinajstić information content (AvgIpc) is 2.40. The molecule has 21 heavy (non-hydrogen) atoms. The smallest absolute Gasteiger partial charge is 0.268 e. The van der Waals surface area contributed by atoms with Crippen LogP contribution in [0.1, 0.15) is 37.7 Å². The number of benzene rings is 1. The number of halogens is 1. The lowest BCUT2D eigenvalue weighted by molar-refractivity contribution is 0.0932. The number of nitrogens with one attached hydrogen (secondary N) is 1. The molecule has 0 saturated heterocycles. The Morgan fingerprint density at radius 1 is 1.33 bits per heavy atom. The fourth-order valence-corrected chi connectivity index (χ4v) is 2.30. The van der Waals surface area contributed by atoms with Crippen LogP contribution < -0.4 is 10.9 Å². The molecule has 0 aliphatic heterocycles. The maximum absolute atomic E-state index is 13.4. The summed E-state index contributed by atoms with van der Waals surface area (Å²) in [5.41, 5.74) is 0.0110. The van der Waals surface area contributed by atoms with Crippen LogP contribution in [0.2, 0.25) is 0 Å². The quantitative estimate of drug-likeness (QED) is 0.941. The molecule has 0 aliphatic rings. The first-order valence-corrected chi connectivity index (χ1v) is 7.08. The summed E-state index contributed by atoms with van der Waals surface area (Å²) in [5, 5.41) is 3.64. The van der Waals surface area contributed by atoms with Gasteiger partial charge in [0.05, 0.1) is 0 Å². The number of pyridine rings is 1. The molecular weight excluding hydrogens is 271 g/mol. The number of carbonyl (C=O) groups is 1. The van der Waals surface area contributed by atoms with Crippen LogP contribution >= 0.6 is 0 Å². The average molecular weight is 290 g/mol. The van der Waals surface area contributed by atoms with Crippen LogP contribution in [0.4, 0.5) is 4.39 Å². The third kappa shape index (κ3) is 3.12. The van der Waals surface area contributed by atoms with Crippen molar-refractivity contribution < 1.29 is 9.18 Å². The summed E-state index contributed by atoms with van der Waals surface area (Å²) in [7, 11) is 0. The third-order valence-electron chi connectivity index (χ3n) is 3.17. The molecule has 0 radical (unpaired) electrons. The van der Waals surface area contributed by atoms with Gasteiger partial charge < -0.3 is 9.88 Å². The number of aromatic nitrogens is 1. The number of hydrogen-bond acceptors (Lipinski definition) is 2. The van der Waals surface area contributed by atoms with Crippen LogP contribution in [0.25, 0.3) is 10.8 Å². The second-order valence-electron chi connectivity index (χ2n) is 5.35. The molecule has 1 aromatic heterocycles. The number of rotatable bonds is 4. The molecule has 5 heteroatoms. The van der Waals surface area contributed by atoms with E-state index in [4.69, 9.17) is 0 Å². The van der Waals surface area contributed by atoms with Gasteiger partial charge in [0.2, 0.25) is 0 Å². The van der Waals surface area contributed by atoms with E-state index in [2.05, 4.69) is 5.32 Å². The van der Waals surface area contributed by atoms with Crippen molar-refractivity contribution in [3.05, 3.63) is 46.1 Å². The van der Waals surface area contributed by atoms with Crippen molar-refractivity contribution in [3.63, 3.8) is 0 Å². The van der Waals surface area contributed by atoms with E-state index in [-0.39, 0.29) is 23.2 Å². The number of nitrogens with zero attached hydrogens (tertiary/aromatic N) is 1. The van der Waals surface area contributed by atoms with Crippen molar-refractivity contribution >= 4 is 16.7 Å². The molecule has 0 unspecified atom stereocenters. The molecule has 1 heterocycles. The van der Waals surface area contributed by atoms with E-state index >= 15 is 0 Å². The highest BCUT2D eigenvalue weighted by atomic mass is 19.1. The Labute approximate surface area is 122 Å². The fourth-order valence-electron chi connectivity index (χ4n) is 2.30. The standard InChI is InChI=1S/C16H19FN2O2/c1-4-7-19-14(15(20)18-10(2)3)9-11-8-12(17)5-6-13(11)16(19)21/h5-6,8-10H,4,7H2,1-3H3,(H,18,20). The van der Waals surface area contributed by atoms with Crippen molar-refractivity contribution in [1.29, 1.82) is 0 Å². The first-order chi connectivity index (χ1) is 9.93. The van der Waals surface area contributed by atoms with Crippen molar-refractivity contribution in [2.45, 2.75) is 39.8 Å². The monoisotopic (exact) mass is 290 g/mol. The second-order valence-corrected chi connectivity index (χ2v) is 5.35. The zero-order valence-corrected chi connectivity index (χ0v) is 12.4. The Balaban J connectivity index is 2.69. The fraction of sp³-hybridized carbons (Fsp3) is 0.375. The molecule has 4 nitrogen and oxygen atoms in total. The summed E-state index contributed by atoms with van der Waals surface area (Å²) in [4.78, 5) is 24.8. The first-order valence-electron chi connectivity index (χ1n) is 7.08. The SMILES string of the molecule is CCCn1c(C(=O)NC(C)C)cc2cc(F)ccc2c1=O. The van der Waals surface area contributed by atoms with Gasteiger partial charge in [0.25, 0.3) is 11.5 Å². The number of amides is 1. The normalized spacial score (nSPS) is 11.1. The maximum Gasteiger partial charge on any atom is 0.268 e. The van der Waals surface area contributed by atoms with Gasteiger partial charge in [0.1, 0.15) is 11.5 Å². The van der Waals surface area contributed by atoms with E-state index < -0.39 is 5.82 Å². The van der Waals surface area contributed by atoms with Gasteiger partial charge in [-0.3, -0.25) is 9.59 Å². The van der Waals surface area contributed by atoms with Crippen LogP contribution in [0.15, 0.2) is 29.1 Å². The zero-order chi connectivity index (χ0) is 15.6. The number of hydrogen-bond donors (Lipinski definition) is 1. The highest BCUT2D eigenvalue weighted by molar-refractivity contribution is 5.96. The lowest BCUT2D eigenvalue weighted by Crippen LogP contribution is -2.35. The third-order valence-corrected chi connectivity index (χ3v) is 3.17. The van der Waals surface area contributed by atoms with Crippen LogP contribution in [0, 0.1) is 5.82 Å². The van der Waals surface area contributed by atoms with Gasteiger partial charge in [-0.15, -0.1) is 0 Å². The Hall–Kier alpha value is -2.17. The number of fused-ring (bicyclic) bond motifs is 1. The van der Waals surface area contributed by atoms with Gasteiger partial charge in [-0.05, 0) is 49.9 Å². The zero-order valence-electron chi connectivity index (χ0n) is 12.4. The van der Waals surface area contributed by atoms with E-state index in [1.807, 2.05) is 20.8 Å². The van der Waals surface area contributed by atoms with Crippen LogP contribution in [0.3, 0.4) is 0 Å². The highest BCUT2D eigenvalue weighted by Crippen LogP contribution is 2.15. The van der Waals surface area contributed by atoms with Crippen molar-refractivity contribution in [2.75, 3.05) is 0 Å². The summed E-state index contributed by atoms with van der Waals surface area (Å²) in [6, 6.07) is 5.54. The molecule has 0 spiro atoms. The molecule has 2 aromatic rings. The van der Waals surface area contributed by atoms with E-state index in [9.17, 15) is 14.0 Å². The topological polar surface area (TPSA) is 51.1 Å². The molecule has 2 rings (SSSR count). The van der Waals surface area contributed by atoms with Gasteiger partial charge >= 0.3 is 0 Å². The summed E-state index contributed by atoms with van der Waals surface area (Å²) in [6.07, 6.45) is 0.731. The minimum Gasteiger partial charge on any atom is -0.349 e. The van der Waals surface area contributed by atoms with Gasteiger partial charge in [-0.25, -0.2) is 4.39 Å². The summed E-state index contributed by atoms with van der Waals surface area (Å²) in [6.45, 7) is 6.08. The number of carbonyl (C=O) groups excluding carboxylic acids is 1. The van der Waals surface area contributed by atoms with Crippen LogP contribution in [0.5, 0.6) is 0 Å². The Bertz CT molecular complexity index is 735. The van der Waals surface area contributed by atoms with Crippen LogP contribution in [-0.2, 0) is 6.54 Å². The summed E-state index contributed by atoms with van der Waals surface area (Å²) in [5.74, 6) is -0.743. The lowest BCUT2D eigenvalue weighted by Gasteiger charge is -2.15. The Morgan fingerprint density at radius 2 is 2.05 bits per heavy atom. The van der Waals surface area contributed by atoms with Gasteiger partial charge in [-0.2, -0.15) is 0 Å². The van der Waals surface area contributed by atoms with E-state index in [0.29, 0.717) is 17.3 Å². The van der Waals surface area contributed by atoms with E-state index in [1.165, 1.54) is 22.8 Å². The van der Waals surface area contributed by atoms with E-state index in [1.54, 1.807) is 6.07 Å². The van der Waals surface area contributed by atoms with Crippen molar-refractivity contribution in [2.24, 2.45) is 0 Å². The predicted molar refractivity (Wildman–Crippen MR) is 81.1 cm³/mol. The predicted octanol–water partition coefficient (Wildman–Crippen LogP) is 2.69. The molecule has 0 bridgehead atoms. The molecule has 112 valence electrons. The molecule has 0 saturated carbocycles.